The monoisotopic (exact) mass is 269 g/mol. The summed E-state index contributed by atoms with van der Waals surface area (Å²) in [7, 11) is 0. The summed E-state index contributed by atoms with van der Waals surface area (Å²) in [5.74, 6) is 0.0706. The van der Waals surface area contributed by atoms with E-state index in [1.165, 1.54) is 0 Å². The number of halogens is 1. The number of hydrogen-bond acceptors (Lipinski definition) is 2. The molecule has 0 saturated carbocycles. The van der Waals surface area contributed by atoms with Crippen LogP contribution in [-0.4, -0.2) is 30.6 Å². The van der Waals surface area contributed by atoms with E-state index in [9.17, 15) is 4.79 Å². The molecule has 1 heterocycles. The van der Waals surface area contributed by atoms with Gasteiger partial charge in [-0.25, -0.2) is 0 Å². The fraction of sp³-hybridized carbons (Fsp3) is 0.364. The van der Waals surface area contributed by atoms with E-state index in [-0.39, 0.29) is 12.5 Å². The highest BCUT2D eigenvalue weighted by Gasteiger charge is 2.18. The SMILES string of the molecule is O=C1COCCN1Cc1cccc(Br)c1. The predicted molar refractivity (Wildman–Crippen MR) is 60.4 cm³/mol. The summed E-state index contributed by atoms with van der Waals surface area (Å²) >= 11 is 3.41. The van der Waals surface area contributed by atoms with Crippen molar-refractivity contribution in [2.24, 2.45) is 0 Å². The summed E-state index contributed by atoms with van der Waals surface area (Å²) in [5, 5.41) is 0. The van der Waals surface area contributed by atoms with Gasteiger partial charge in [0, 0.05) is 17.6 Å². The van der Waals surface area contributed by atoms with Crippen LogP contribution in [0.25, 0.3) is 0 Å². The first-order chi connectivity index (χ1) is 7.25. The van der Waals surface area contributed by atoms with Crippen LogP contribution in [0.5, 0.6) is 0 Å². The smallest absolute Gasteiger partial charge is 0.248 e. The van der Waals surface area contributed by atoms with Crippen molar-refractivity contribution in [3.8, 4) is 0 Å². The molecule has 1 aromatic rings. The number of rotatable bonds is 2. The molecule has 1 aliphatic rings. The van der Waals surface area contributed by atoms with Crippen molar-refractivity contribution in [2.45, 2.75) is 6.54 Å². The zero-order valence-electron chi connectivity index (χ0n) is 8.28. The van der Waals surface area contributed by atoms with E-state index < -0.39 is 0 Å². The fourth-order valence-electron chi connectivity index (χ4n) is 1.57. The van der Waals surface area contributed by atoms with Crippen molar-refractivity contribution >= 4 is 21.8 Å². The molecule has 0 radical (unpaired) electrons. The molecule has 1 amide bonds. The van der Waals surface area contributed by atoms with Crippen LogP contribution < -0.4 is 0 Å². The maximum atomic E-state index is 11.5. The van der Waals surface area contributed by atoms with Crippen molar-refractivity contribution in [1.29, 1.82) is 0 Å². The average Bonchev–Trinajstić information content (AvgIpc) is 2.22. The van der Waals surface area contributed by atoms with E-state index in [2.05, 4.69) is 15.9 Å². The van der Waals surface area contributed by atoms with Gasteiger partial charge in [-0.1, -0.05) is 28.1 Å². The maximum absolute atomic E-state index is 11.5. The van der Waals surface area contributed by atoms with Gasteiger partial charge in [0.1, 0.15) is 6.61 Å². The summed E-state index contributed by atoms with van der Waals surface area (Å²) in [5.41, 5.74) is 1.14. The second kappa shape index (κ2) is 4.77. The highest BCUT2D eigenvalue weighted by Crippen LogP contribution is 2.14. The summed E-state index contributed by atoms with van der Waals surface area (Å²) in [6.45, 7) is 2.21. The van der Waals surface area contributed by atoms with Gasteiger partial charge in [-0.15, -0.1) is 0 Å². The molecule has 0 unspecified atom stereocenters. The minimum atomic E-state index is 0.0706. The molecule has 2 rings (SSSR count). The number of carbonyl (C=O) groups excluding carboxylic acids is 1. The lowest BCUT2D eigenvalue weighted by atomic mass is 10.2. The highest BCUT2D eigenvalue weighted by molar-refractivity contribution is 9.10. The van der Waals surface area contributed by atoms with E-state index >= 15 is 0 Å². The Balaban J connectivity index is 2.04. The largest absolute Gasteiger partial charge is 0.370 e. The van der Waals surface area contributed by atoms with Crippen LogP contribution >= 0.6 is 15.9 Å². The molecule has 4 heteroatoms. The molecule has 15 heavy (non-hydrogen) atoms. The van der Waals surface area contributed by atoms with Crippen molar-refractivity contribution in [3.63, 3.8) is 0 Å². The third-order valence-electron chi connectivity index (χ3n) is 2.35. The molecular formula is C11H12BrNO2. The Morgan fingerprint density at radius 2 is 2.33 bits per heavy atom. The number of hydrogen-bond donors (Lipinski definition) is 0. The summed E-state index contributed by atoms with van der Waals surface area (Å²) < 4.78 is 6.12. The molecule has 0 atom stereocenters. The van der Waals surface area contributed by atoms with Crippen molar-refractivity contribution in [1.82, 2.24) is 4.90 Å². The van der Waals surface area contributed by atoms with Gasteiger partial charge in [0.05, 0.1) is 6.61 Å². The summed E-state index contributed by atoms with van der Waals surface area (Å²) in [6, 6.07) is 8.01. The number of ether oxygens (including phenoxy) is 1. The van der Waals surface area contributed by atoms with Gasteiger partial charge in [-0.05, 0) is 17.7 Å². The minimum absolute atomic E-state index is 0.0706. The molecule has 0 spiro atoms. The van der Waals surface area contributed by atoms with Crippen LogP contribution in [0.3, 0.4) is 0 Å². The number of morpholine rings is 1. The minimum Gasteiger partial charge on any atom is -0.370 e. The lowest BCUT2D eigenvalue weighted by Gasteiger charge is -2.26. The molecule has 1 aromatic carbocycles. The topological polar surface area (TPSA) is 29.5 Å². The van der Waals surface area contributed by atoms with Crippen LogP contribution in [0.1, 0.15) is 5.56 Å². The average molecular weight is 270 g/mol. The molecule has 80 valence electrons. The van der Waals surface area contributed by atoms with Gasteiger partial charge < -0.3 is 9.64 Å². The van der Waals surface area contributed by atoms with Gasteiger partial charge in [0.15, 0.2) is 0 Å². The standard InChI is InChI=1S/C11H12BrNO2/c12-10-3-1-2-9(6-10)7-13-4-5-15-8-11(13)14/h1-3,6H,4-5,7-8H2. The van der Waals surface area contributed by atoms with Gasteiger partial charge in [0.2, 0.25) is 5.91 Å². The molecule has 1 aliphatic heterocycles. The number of carbonyl (C=O) groups is 1. The third-order valence-corrected chi connectivity index (χ3v) is 2.84. The third kappa shape index (κ3) is 2.79. The predicted octanol–water partition coefficient (Wildman–Crippen LogP) is 1.81. The molecule has 3 nitrogen and oxygen atoms in total. The second-order valence-corrected chi connectivity index (χ2v) is 4.41. The first-order valence-electron chi connectivity index (χ1n) is 4.85. The van der Waals surface area contributed by atoms with Gasteiger partial charge in [-0.2, -0.15) is 0 Å². The van der Waals surface area contributed by atoms with E-state index in [4.69, 9.17) is 4.74 Å². The van der Waals surface area contributed by atoms with Gasteiger partial charge in [-0.3, -0.25) is 4.79 Å². The van der Waals surface area contributed by atoms with Crippen molar-refractivity contribution in [3.05, 3.63) is 34.3 Å². The Bertz CT molecular complexity index is 367. The first-order valence-corrected chi connectivity index (χ1v) is 5.65. The maximum Gasteiger partial charge on any atom is 0.248 e. The Morgan fingerprint density at radius 1 is 1.47 bits per heavy atom. The summed E-state index contributed by atoms with van der Waals surface area (Å²) in [4.78, 5) is 13.3. The number of benzene rings is 1. The Morgan fingerprint density at radius 3 is 3.07 bits per heavy atom. The number of amides is 1. The second-order valence-electron chi connectivity index (χ2n) is 3.50. The Labute approximate surface area is 97.2 Å². The molecule has 1 saturated heterocycles. The van der Waals surface area contributed by atoms with Crippen LogP contribution in [0.2, 0.25) is 0 Å². The van der Waals surface area contributed by atoms with Crippen LogP contribution in [0.15, 0.2) is 28.7 Å². The van der Waals surface area contributed by atoms with Gasteiger partial charge in [0.25, 0.3) is 0 Å². The van der Waals surface area contributed by atoms with Crippen LogP contribution in [-0.2, 0) is 16.1 Å². The molecule has 0 aromatic heterocycles. The van der Waals surface area contributed by atoms with E-state index in [1.54, 1.807) is 0 Å². The molecule has 0 bridgehead atoms. The zero-order chi connectivity index (χ0) is 10.7. The van der Waals surface area contributed by atoms with Crippen molar-refractivity contribution < 1.29 is 9.53 Å². The lowest BCUT2D eigenvalue weighted by molar-refractivity contribution is -0.143. The Kier molecular flexibility index (Phi) is 3.38. The normalized spacial score (nSPS) is 16.9. The lowest BCUT2D eigenvalue weighted by Crippen LogP contribution is -2.40. The van der Waals surface area contributed by atoms with E-state index in [1.807, 2.05) is 29.2 Å². The zero-order valence-corrected chi connectivity index (χ0v) is 9.87. The summed E-state index contributed by atoms with van der Waals surface area (Å²) in [6.07, 6.45) is 0. The van der Waals surface area contributed by atoms with E-state index in [0.29, 0.717) is 19.7 Å². The van der Waals surface area contributed by atoms with Crippen molar-refractivity contribution in [2.75, 3.05) is 19.8 Å². The van der Waals surface area contributed by atoms with Crippen LogP contribution in [0.4, 0.5) is 0 Å². The number of nitrogens with zero attached hydrogens (tertiary/aromatic N) is 1. The molecular weight excluding hydrogens is 258 g/mol. The van der Waals surface area contributed by atoms with Crippen LogP contribution in [0, 0.1) is 0 Å². The molecule has 0 aliphatic carbocycles. The quantitative estimate of drug-likeness (QED) is 0.820. The Hall–Kier alpha value is -0.870. The highest BCUT2D eigenvalue weighted by atomic mass is 79.9. The molecule has 0 N–H and O–H groups in total. The van der Waals surface area contributed by atoms with Gasteiger partial charge >= 0.3 is 0 Å². The van der Waals surface area contributed by atoms with E-state index in [0.717, 1.165) is 10.0 Å². The molecule has 1 fully saturated rings. The first kappa shape index (κ1) is 10.6. The fourth-order valence-corrected chi connectivity index (χ4v) is 2.02.